The fourth-order valence-corrected chi connectivity index (χ4v) is 3.74. The van der Waals surface area contributed by atoms with Crippen LogP contribution in [0.5, 0.6) is 0 Å². The maximum Gasteiger partial charge on any atom is 0.252 e. The number of hydrogen-bond donors (Lipinski definition) is 1. The number of halogens is 1. The fraction of sp³-hybridized carbons (Fsp3) is 0.364. The number of pyridine rings is 1. The van der Waals surface area contributed by atoms with Crippen molar-refractivity contribution in [2.24, 2.45) is 0 Å². The van der Waals surface area contributed by atoms with Crippen LogP contribution in [0.3, 0.4) is 0 Å². The van der Waals surface area contributed by atoms with Gasteiger partial charge in [-0.15, -0.1) is 0 Å². The van der Waals surface area contributed by atoms with Crippen LogP contribution < -0.4 is 5.32 Å². The molecule has 0 unspecified atom stereocenters. The first kappa shape index (κ1) is 19.5. The molecule has 1 aromatic carbocycles. The van der Waals surface area contributed by atoms with Crippen LogP contribution in [-0.2, 0) is 4.74 Å². The molecule has 1 fully saturated rings. The number of aromatic nitrogens is 1. The lowest BCUT2D eigenvalue weighted by Crippen LogP contribution is -2.43. The van der Waals surface area contributed by atoms with Gasteiger partial charge >= 0.3 is 0 Å². The van der Waals surface area contributed by atoms with Gasteiger partial charge < -0.3 is 14.5 Å². The Morgan fingerprint density at radius 2 is 2.00 bits per heavy atom. The van der Waals surface area contributed by atoms with Crippen molar-refractivity contribution in [2.45, 2.75) is 19.9 Å². The number of fused-ring (bicyclic) bond motifs is 1. The van der Waals surface area contributed by atoms with E-state index in [0.717, 1.165) is 24.6 Å². The average molecular weight is 397 g/mol. The van der Waals surface area contributed by atoms with Gasteiger partial charge in [0.25, 0.3) is 5.91 Å². The number of furan rings is 1. The summed E-state index contributed by atoms with van der Waals surface area (Å²) >= 11 is 0. The summed E-state index contributed by atoms with van der Waals surface area (Å²) in [6.07, 6.45) is 0. The van der Waals surface area contributed by atoms with Crippen molar-refractivity contribution >= 4 is 16.8 Å². The lowest BCUT2D eigenvalue weighted by Gasteiger charge is -2.33. The standard InChI is InChI=1S/C22H24FN3O3/c1-14-11-18(17-5-4-16(23)12-19(17)25-14)22(27)24-13-20(21-6-3-15(2)29-21)26-7-9-28-10-8-26/h3-6,11-12,20H,7-10,13H2,1-2H3,(H,24,27)/t20-/m0/s1. The summed E-state index contributed by atoms with van der Waals surface area (Å²) in [7, 11) is 0. The quantitative estimate of drug-likeness (QED) is 0.715. The van der Waals surface area contributed by atoms with Gasteiger partial charge in [-0.25, -0.2) is 4.39 Å². The van der Waals surface area contributed by atoms with Gasteiger partial charge in [0.05, 0.1) is 30.3 Å². The maximum absolute atomic E-state index is 13.6. The van der Waals surface area contributed by atoms with Crippen LogP contribution in [-0.4, -0.2) is 48.6 Å². The number of hydrogen-bond acceptors (Lipinski definition) is 5. The number of ether oxygens (including phenoxy) is 1. The zero-order valence-electron chi connectivity index (χ0n) is 16.6. The third-order valence-electron chi connectivity index (χ3n) is 5.18. The molecule has 0 saturated carbocycles. The molecular weight excluding hydrogens is 373 g/mol. The third-order valence-corrected chi connectivity index (χ3v) is 5.18. The second-order valence-corrected chi connectivity index (χ2v) is 7.30. The van der Waals surface area contributed by atoms with Crippen molar-refractivity contribution in [1.29, 1.82) is 0 Å². The lowest BCUT2D eigenvalue weighted by molar-refractivity contribution is 0.0117. The normalized spacial score (nSPS) is 16.1. The van der Waals surface area contributed by atoms with Crippen LogP contribution in [0.2, 0.25) is 0 Å². The van der Waals surface area contributed by atoms with E-state index in [4.69, 9.17) is 9.15 Å². The molecule has 0 bridgehead atoms. The second-order valence-electron chi connectivity index (χ2n) is 7.30. The Labute approximate surface area is 168 Å². The van der Waals surface area contributed by atoms with Crippen molar-refractivity contribution in [3.8, 4) is 0 Å². The molecule has 4 rings (SSSR count). The number of nitrogens with zero attached hydrogens (tertiary/aromatic N) is 2. The number of carbonyl (C=O) groups is 1. The maximum atomic E-state index is 13.6. The molecule has 1 atom stereocenters. The first-order valence-electron chi connectivity index (χ1n) is 9.74. The molecule has 1 N–H and O–H groups in total. The number of morpholine rings is 1. The highest BCUT2D eigenvalue weighted by Gasteiger charge is 2.26. The van der Waals surface area contributed by atoms with Crippen molar-refractivity contribution in [3.05, 3.63) is 65.0 Å². The average Bonchev–Trinajstić information content (AvgIpc) is 3.13. The van der Waals surface area contributed by atoms with E-state index in [2.05, 4.69) is 15.2 Å². The van der Waals surface area contributed by atoms with Gasteiger partial charge in [0.1, 0.15) is 17.3 Å². The zero-order valence-corrected chi connectivity index (χ0v) is 16.6. The number of rotatable bonds is 5. The topological polar surface area (TPSA) is 67.6 Å². The molecule has 2 aromatic heterocycles. The highest BCUT2D eigenvalue weighted by molar-refractivity contribution is 6.06. The van der Waals surface area contributed by atoms with Crippen LogP contribution in [0.4, 0.5) is 4.39 Å². The number of carbonyl (C=O) groups excluding carboxylic acids is 1. The molecule has 1 amide bonds. The van der Waals surface area contributed by atoms with Gasteiger partial charge in [0.2, 0.25) is 0 Å². The van der Waals surface area contributed by atoms with E-state index < -0.39 is 0 Å². The summed E-state index contributed by atoms with van der Waals surface area (Å²) in [6, 6.07) is 9.83. The highest BCUT2D eigenvalue weighted by Crippen LogP contribution is 2.24. The molecule has 0 aliphatic carbocycles. The van der Waals surface area contributed by atoms with Crippen LogP contribution in [0.15, 0.2) is 40.8 Å². The van der Waals surface area contributed by atoms with E-state index in [1.807, 2.05) is 19.1 Å². The molecule has 7 heteroatoms. The smallest absolute Gasteiger partial charge is 0.252 e. The molecule has 1 aliphatic rings. The Morgan fingerprint density at radius 1 is 1.21 bits per heavy atom. The van der Waals surface area contributed by atoms with Crippen molar-refractivity contribution in [1.82, 2.24) is 15.2 Å². The summed E-state index contributed by atoms with van der Waals surface area (Å²) in [5, 5.41) is 3.67. The van der Waals surface area contributed by atoms with Gasteiger partial charge in [-0.05, 0) is 44.2 Å². The van der Waals surface area contributed by atoms with E-state index in [1.54, 1.807) is 19.1 Å². The van der Waals surface area contributed by atoms with Crippen LogP contribution in [0.1, 0.15) is 33.6 Å². The Bertz CT molecular complexity index is 1020. The molecule has 1 aliphatic heterocycles. The van der Waals surface area contributed by atoms with E-state index >= 15 is 0 Å². The molecule has 0 radical (unpaired) electrons. The number of aryl methyl sites for hydroxylation is 2. The molecule has 3 aromatic rings. The van der Waals surface area contributed by atoms with Gasteiger partial charge in [-0.3, -0.25) is 14.7 Å². The molecule has 152 valence electrons. The third kappa shape index (κ3) is 4.31. The molecule has 3 heterocycles. The Kier molecular flexibility index (Phi) is 5.60. The van der Waals surface area contributed by atoms with E-state index in [-0.39, 0.29) is 17.8 Å². The number of amides is 1. The Balaban J connectivity index is 1.57. The Hall–Kier alpha value is -2.77. The summed E-state index contributed by atoms with van der Waals surface area (Å²) in [5.74, 6) is 1.07. The Morgan fingerprint density at radius 3 is 2.72 bits per heavy atom. The molecular formula is C22H24FN3O3. The van der Waals surface area contributed by atoms with Gasteiger partial charge in [-0.2, -0.15) is 0 Å². The molecule has 29 heavy (non-hydrogen) atoms. The van der Waals surface area contributed by atoms with E-state index in [1.165, 1.54) is 12.1 Å². The van der Waals surface area contributed by atoms with E-state index in [0.29, 0.717) is 41.9 Å². The lowest BCUT2D eigenvalue weighted by atomic mass is 10.1. The number of nitrogens with one attached hydrogen (secondary N) is 1. The van der Waals surface area contributed by atoms with E-state index in [9.17, 15) is 9.18 Å². The predicted molar refractivity (Wildman–Crippen MR) is 107 cm³/mol. The van der Waals surface area contributed by atoms with Gasteiger partial charge in [0.15, 0.2) is 0 Å². The molecule has 1 saturated heterocycles. The van der Waals surface area contributed by atoms with Crippen LogP contribution >= 0.6 is 0 Å². The first-order valence-corrected chi connectivity index (χ1v) is 9.74. The SMILES string of the molecule is Cc1cc(C(=O)NC[C@@H](c2ccc(C)o2)N2CCOCC2)c2ccc(F)cc2n1. The van der Waals surface area contributed by atoms with Crippen LogP contribution in [0, 0.1) is 19.7 Å². The second kappa shape index (κ2) is 8.31. The summed E-state index contributed by atoms with van der Waals surface area (Å²) < 4.78 is 24.9. The number of benzene rings is 1. The molecule has 6 nitrogen and oxygen atoms in total. The summed E-state index contributed by atoms with van der Waals surface area (Å²) in [4.78, 5) is 19.6. The van der Waals surface area contributed by atoms with Crippen molar-refractivity contribution in [2.75, 3.05) is 32.8 Å². The minimum Gasteiger partial charge on any atom is -0.465 e. The fourth-order valence-electron chi connectivity index (χ4n) is 3.74. The van der Waals surface area contributed by atoms with Crippen molar-refractivity contribution < 1.29 is 18.3 Å². The first-order chi connectivity index (χ1) is 14.0. The largest absolute Gasteiger partial charge is 0.465 e. The predicted octanol–water partition coefficient (Wildman–Crippen LogP) is 3.39. The van der Waals surface area contributed by atoms with Gasteiger partial charge in [0, 0.05) is 36.8 Å². The van der Waals surface area contributed by atoms with Crippen molar-refractivity contribution in [3.63, 3.8) is 0 Å². The zero-order chi connectivity index (χ0) is 20.4. The minimum absolute atomic E-state index is 0.0804. The minimum atomic E-state index is -0.373. The van der Waals surface area contributed by atoms with Crippen LogP contribution in [0.25, 0.3) is 10.9 Å². The summed E-state index contributed by atoms with van der Waals surface area (Å²) in [6.45, 7) is 6.96. The summed E-state index contributed by atoms with van der Waals surface area (Å²) in [5.41, 5.74) is 1.63. The van der Waals surface area contributed by atoms with Gasteiger partial charge in [-0.1, -0.05) is 0 Å². The highest BCUT2D eigenvalue weighted by atomic mass is 19.1. The monoisotopic (exact) mass is 397 g/mol. The molecule has 0 spiro atoms.